The fourth-order valence-electron chi connectivity index (χ4n) is 2.85. The fourth-order valence-corrected chi connectivity index (χ4v) is 2.85. The molecule has 2 saturated heterocycles. The molecule has 1 N–H and O–H groups in total. The van der Waals surface area contributed by atoms with E-state index in [9.17, 15) is 9.59 Å². The molecule has 0 aliphatic carbocycles. The molecule has 5 heteroatoms. The molecule has 0 aromatic carbocycles. The SMILES string of the molecule is CC1C(=O)NC(C(C)(C)C)C(=O)N1CCC1CCOC1. The van der Waals surface area contributed by atoms with Crippen LogP contribution in [0.2, 0.25) is 0 Å². The Morgan fingerprint density at radius 3 is 2.60 bits per heavy atom. The van der Waals surface area contributed by atoms with Crippen molar-refractivity contribution < 1.29 is 14.3 Å². The minimum atomic E-state index is -0.425. The fraction of sp³-hybridized carbons (Fsp3) is 0.867. The maximum absolute atomic E-state index is 12.6. The van der Waals surface area contributed by atoms with Crippen LogP contribution < -0.4 is 5.32 Å². The second kappa shape index (κ2) is 5.72. The second-order valence-electron chi connectivity index (χ2n) is 7.03. The molecule has 2 fully saturated rings. The first kappa shape index (κ1) is 15.3. The Balaban J connectivity index is 2.03. The van der Waals surface area contributed by atoms with Crippen LogP contribution in [0.4, 0.5) is 0 Å². The molecule has 0 radical (unpaired) electrons. The number of hydrogen-bond acceptors (Lipinski definition) is 3. The van der Waals surface area contributed by atoms with Gasteiger partial charge in [-0.05, 0) is 31.1 Å². The van der Waals surface area contributed by atoms with Gasteiger partial charge in [0.2, 0.25) is 11.8 Å². The van der Waals surface area contributed by atoms with E-state index in [1.165, 1.54) is 0 Å². The Morgan fingerprint density at radius 2 is 2.05 bits per heavy atom. The molecule has 2 aliphatic rings. The van der Waals surface area contributed by atoms with Gasteiger partial charge >= 0.3 is 0 Å². The van der Waals surface area contributed by atoms with Crippen LogP contribution in [-0.2, 0) is 14.3 Å². The highest BCUT2D eigenvalue weighted by molar-refractivity contribution is 5.97. The van der Waals surface area contributed by atoms with Crippen molar-refractivity contribution >= 4 is 11.8 Å². The van der Waals surface area contributed by atoms with Gasteiger partial charge in [-0.1, -0.05) is 20.8 Å². The van der Waals surface area contributed by atoms with Crippen LogP contribution in [-0.4, -0.2) is 48.6 Å². The predicted octanol–water partition coefficient (Wildman–Crippen LogP) is 1.17. The number of nitrogens with one attached hydrogen (secondary N) is 1. The first-order valence-corrected chi connectivity index (χ1v) is 7.49. The predicted molar refractivity (Wildman–Crippen MR) is 76.1 cm³/mol. The third-order valence-corrected chi connectivity index (χ3v) is 4.33. The van der Waals surface area contributed by atoms with Crippen molar-refractivity contribution in [3.05, 3.63) is 0 Å². The van der Waals surface area contributed by atoms with Crippen molar-refractivity contribution in [1.82, 2.24) is 10.2 Å². The first-order chi connectivity index (χ1) is 9.30. The van der Waals surface area contributed by atoms with Crippen LogP contribution >= 0.6 is 0 Å². The van der Waals surface area contributed by atoms with Gasteiger partial charge in [-0.15, -0.1) is 0 Å². The lowest BCUT2D eigenvalue weighted by Gasteiger charge is -2.42. The van der Waals surface area contributed by atoms with E-state index in [1.54, 1.807) is 11.8 Å². The van der Waals surface area contributed by atoms with E-state index >= 15 is 0 Å². The lowest BCUT2D eigenvalue weighted by molar-refractivity contribution is -0.151. The normalized spacial score (nSPS) is 31.6. The Morgan fingerprint density at radius 1 is 1.35 bits per heavy atom. The zero-order valence-corrected chi connectivity index (χ0v) is 12.9. The maximum atomic E-state index is 12.6. The van der Waals surface area contributed by atoms with Crippen LogP contribution in [0.15, 0.2) is 0 Å². The summed E-state index contributed by atoms with van der Waals surface area (Å²) in [5, 5.41) is 2.86. The van der Waals surface area contributed by atoms with Crippen LogP contribution in [0, 0.1) is 11.3 Å². The summed E-state index contributed by atoms with van der Waals surface area (Å²) in [7, 11) is 0. The highest BCUT2D eigenvalue weighted by atomic mass is 16.5. The zero-order chi connectivity index (χ0) is 14.9. The molecule has 114 valence electrons. The van der Waals surface area contributed by atoms with Crippen LogP contribution in [0.1, 0.15) is 40.5 Å². The average molecular weight is 282 g/mol. The number of carbonyl (C=O) groups excluding carboxylic acids is 2. The third-order valence-electron chi connectivity index (χ3n) is 4.33. The molecule has 0 aromatic rings. The van der Waals surface area contributed by atoms with Crippen molar-refractivity contribution in [2.75, 3.05) is 19.8 Å². The number of nitrogens with zero attached hydrogens (tertiary/aromatic N) is 1. The molecule has 0 bridgehead atoms. The summed E-state index contributed by atoms with van der Waals surface area (Å²) in [6.45, 7) is 9.99. The summed E-state index contributed by atoms with van der Waals surface area (Å²) < 4.78 is 5.36. The van der Waals surface area contributed by atoms with Gasteiger partial charge in [-0.3, -0.25) is 9.59 Å². The Hall–Kier alpha value is -1.10. The van der Waals surface area contributed by atoms with Gasteiger partial charge in [0, 0.05) is 19.8 Å². The molecule has 2 rings (SSSR count). The quantitative estimate of drug-likeness (QED) is 0.845. The number of hydrogen-bond donors (Lipinski definition) is 1. The molecule has 5 nitrogen and oxygen atoms in total. The number of piperazine rings is 1. The monoisotopic (exact) mass is 282 g/mol. The summed E-state index contributed by atoms with van der Waals surface area (Å²) in [5.74, 6) is 0.517. The van der Waals surface area contributed by atoms with E-state index in [0.29, 0.717) is 12.5 Å². The molecular weight excluding hydrogens is 256 g/mol. The van der Waals surface area contributed by atoms with E-state index in [4.69, 9.17) is 4.74 Å². The second-order valence-corrected chi connectivity index (χ2v) is 7.03. The Labute approximate surface area is 121 Å². The van der Waals surface area contributed by atoms with Gasteiger partial charge in [-0.2, -0.15) is 0 Å². The molecule has 3 atom stereocenters. The van der Waals surface area contributed by atoms with Crippen LogP contribution in [0.3, 0.4) is 0 Å². The molecule has 0 spiro atoms. The lowest BCUT2D eigenvalue weighted by Crippen LogP contribution is -2.65. The van der Waals surface area contributed by atoms with Crippen molar-refractivity contribution in [2.24, 2.45) is 11.3 Å². The highest BCUT2D eigenvalue weighted by Gasteiger charge is 2.43. The van der Waals surface area contributed by atoms with Gasteiger partial charge in [0.1, 0.15) is 12.1 Å². The van der Waals surface area contributed by atoms with Crippen molar-refractivity contribution in [3.63, 3.8) is 0 Å². The molecule has 0 saturated carbocycles. The van der Waals surface area contributed by atoms with E-state index in [2.05, 4.69) is 5.32 Å². The van der Waals surface area contributed by atoms with Gasteiger partial charge in [0.15, 0.2) is 0 Å². The molecule has 2 heterocycles. The smallest absolute Gasteiger partial charge is 0.246 e. The topological polar surface area (TPSA) is 58.6 Å². The summed E-state index contributed by atoms with van der Waals surface area (Å²) in [5.41, 5.74) is -0.262. The highest BCUT2D eigenvalue weighted by Crippen LogP contribution is 2.26. The van der Waals surface area contributed by atoms with Gasteiger partial charge < -0.3 is 15.0 Å². The molecule has 0 aromatic heterocycles. The van der Waals surface area contributed by atoms with E-state index < -0.39 is 6.04 Å². The molecule has 20 heavy (non-hydrogen) atoms. The maximum Gasteiger partial charge on any atom is 0.246 e. The van der Waals surface area contributed by atoms with E-state index in [0.717, 1.165) is 26.1 Å². The third kappa shape index (κ3) is 3.14. The summed E-state index contributed by atoms with van der Waals surface area (Å²) in [6, 6.07) is -0.797. The minimum absolute atomic E-state index is 0.0449. The number of carbonyl (C=O) groups is 2. The minimum Gasteiger partial charge on any atom is -0.381 e. The summed E-state index contributed by atoms with van der Waals surface area (Å²) in [6.07, 6.45) is 1.98. The molecule has 2 amide bonds. The van der Waals surface area contributed by atoms with Gasteiger partial charge in [0.05, 0.1) is 0 Å². The Bertz CT molecular complexity index is 383. The number of ether oxygens (including phenoxy) is 1. The van der Waals surface area contributed by atoms with E-state index in [-0.39, 0.29) is 23.3 Å². The van der Waals surface area contributed by atoms with Crippen molar-refractivity contribution in [1.29, 1.82) is 0 Å². The molecule has 2 aliphatic heterocycles. The average Bonchev–Trinajstić information content (AvgIpc) is 2.85. The largest absolute Gasteiger partial charge is 0.381 e. The number of amides is 2. The lowest BCUT2D eigenvalue weighted by atomic mass is 9.84. The summed E-state index contributed by atoms with van der Waals surface area (Å²) in [4.78, 5) is 26.4. The van der Waals surface area contributed by atoms with Gasteiger partial charge in [0.25, 0.3) is 0 Å². The van der Waals surface area contributed by atoms with Crippen molar-refractivity contribution in [3.8, 4) is 0 Å². The summed E-state index contributed by atoms with van der Waals surface area (Å²) >= 11 is 0. The first-order valence-electron chi connectivity index (χ1n) is 7.49. The Kier molecular flexibility index (Phi) is 4.37. The van der Waals surface area contributed by atoms with Crippen LogP contribution in [0.5, 0.6) is 0 Å². The van der Waals surface area contributed by atoms with Crippen molar-refractivity contribution in [2.45, 2.75) is 52.6 Å². The molecule has 3 unspecified atom stereocenters. The van der Waals surface area contributed by atoms with Gasteiger partial charge in [-0.25, -0.2) is 0 Å². The molecular formula is C15H26N2O3. The van der Waals surface area contributed by atoms with Crippen LogP contribution in [0.25, 0.3) is 0 Å². The van der Waals surface area contributed by atoms with E-state index in [1.807, 2.05) is 20.8 Å². The standard InChI is InChI=1S/C15H26N2O3/c1-10-13(18)16-12(15(2,3)4)14(19)17(10)7-5-11-6-8-20-9-11/h10-12H,5-9H2,1-4H3,(H,16,18). The number of rotatable bonds is 3. The zero-order valence-electron chi connectivity index (χ0n) is 12.9.